The Hall–Kier alpha value is -0.150. The maximum absolute atomic E-state index is 14.6. The fourth-order valence-electron chi connectivity index (χ4n) is 2.28. The van der Waals surface area contributed by atoms with Crippen molar-refractivity contribution in [1.82, 2.24) is 5.32 Å². The van der Waals surface area contributed by atoms with Gasteiger partial charge < -0.3 is 10.4 Å². The van der Waals surface area contributed by atoms with Crippen molar-refractivity contribution < 1.29 is 9.50 Å². The second-order valence-electron chi connectivity index (χ2n) is 4.86. The van der Waals surface area contributed by atoms with Crippen molar-refractivity contribution in [3.8, 4) is 0 Å². The molecule has 2 nitrogen and oxygen atoms in total. The molecule has 1 atom stereocenters. The van der Waals surface area contributed by atoms with Crippen molar-refractivity contribution in [3.63, 3.8) is 0 Å². The van der Waals surface area contributed by atoms with Crippen LogP contribution in [0.1, 0.15) is 40.0 Å². The predicted octanol–water partition coefficient (Wildman–Crippen LogP) is 1.88. The molecule has 0 saturated carbocycles. The zero-order valence-corrected chi connectivity index (χ0v) is 9.44. The quantitative estimate of drug-likeness (QED) is 0.734. The number of piperidine rings is 1. The highest BCUT2D eigenvalue weighted by Crippen LogP contribution is 2.44. The third kappa shape index (κ3) is 1.94. The van der Waals surface area contributed by atoms with Crippen LogP contribution < -0.4 is 5.32 Å². The van der Waals surface area contributed by atoms with Crippen LogP contribution in [0.3, 0.4) is 0 Å². The number of halogens is 1. The molecule has 0 radical (unpaired) electrons. The minimum Gasteiger partial charge on any atom is -0.392 e. The Labute approximate surface area is 85.9 Å². The van der Waals surface area contributed by atoms with Crippen LogP contribution in [0.15, 0.2) is 0 Å². The first-order valence-electron chi connectivity index (χ1n) is 5.52. The highest BCUT2D eigenvalue weighted by Gasteiger charge is 2.49. The number of aliphatic hydroxyl groups excluding tert-OH is 1. The molecule has 1 rings (SSSR count). The highest BCUT2D eigenvalue weighted by molar-refractivity contribution is 5.00. The number of rotatable bonds is 3. The van der Waals surface area contributed by atoms with Gasteiger partial charge in [-0.1, -0.05) is 20.8 Å². The molecule has 0 aromatic rings. The molecule has 3 heteroatoms. The van der Waals surface area contributed by atoms with Gasteiger partial charge in [0.2, 0.25) is 0 Å². The summed E-state index contributed by atoms with van der Waals surface area (Å²) in [6.07, 6.45) is 1.09. The Morgan fingerprint density at radius 3 is 2.36 bits per heavy atom. The fraction of sp³-hybridized carbons (Fsp3) is 1.00. The van der Waals surface area contributed by atoms with Crippen LogP contribution in [0.25, 0.3) is 0 Å². The molecule has 0 spiro atoms. The van der Waals surface area contributed by atoms with Crippen molar-refractivity contribution in [3.05, 3.63) is 0 Å². The third-order valence-corrected chi connectivity index (χ3v) is 3.77. The van der Waals surface area contributed by atoms with Gasteiger partial charge in [-0.05, 0) is 32.4 Å². The molecule has 1 fully saturated rings. The summed E-state index contributed by atoms with van der Waals surface area (Å²) < 4.78 is 14.6. The monoisotopic (exact) mass is 203 g/mol. The van der Waals surface area contributed by atoms with Crippen LogP contribution in [0.2, 0.25) is 0 Å². The first-order valence-corrected chi connectivity index (χ1v) is 5.52. The second-order valence-corrected chi connectivity index (χ2v) is 4.86. The SMILES string of the molecule is CCC(O)C(C)(C)C1(F)CCNCC1. The maximum atomic E-state index is 14.6. The molecule has 0 bridgehead atoms. The molecule has 0 aromatic carbocycles. The predicted molar refractivity (Wildman–Crippen MR) is 56.0 cm³/mol. The van der Waals surface area contributed by atoms with E-state index in [2.05, 4.69) is 5.32 Å². The van der Waals surface area contributed by atoms with E-state index in [9.17, 15) is 9.50 Å². The first kappa shape index (κ1) is 11.9. The Morgan fingerprint density at radius 1 is 1.43 bits per heavy atom. The molecule has 84 valence electrons. The van der Waals surface area contributed by atoms with Crippen molar-refractivity contribution in [2.45, 2.75) is 51.8 Å². The normalized spacial score (nSPS) is 24.6. The van der Waals surface area contributed by atoms with Gasteiger partial charge in [-0.15, -0.1) is 0 Å². The molecule has 0 aliphatic carbocycles. The van der Waals surface area contributed by atoms with E-state index >= 15 is 0 Å². The van der Waals surface area contributed by atoms with Crippen LogP contribution in [-0.2, 0) is 0 Å². The molecule has 1 saturated heterocycles. The first-order chi connectivity index (χ1) is 6.44. The highest BCUT2D eigenvalue weighted by atomic mass is 19.1. The molecule has 0 amide bonds. The summed E-state index contributed by atoms with van der Waals surface area (Å²) in [5, 5.41) is 13.0. The van der Waals surface area contributed by atoms with E-state index in [1.54, 1.807) is 0 Å². The van der Waals surface area contributed by atoms with Crippen LogP contribution in [0.4, 0.5) is 4.39 Å². The van der Waals surface area contributed by atoms with Gasteiger partial charge in [-0.25, -0.2) is 4.39 Å². The Bertz CT molecular complexity index is 185. The lowest BCUT2D eigenvalue weighted by atomic mass is 9.67. The van der Waals surface area contributed by atoms with Gasteiger partial charge in [0, 0.05) is 5.41 Å². The minimum absolute atomic E-state index is 0.511. The van der Waals surface area contributed by atoms with Crippen molar-refractivity contribution in [2.24, 2.45) is 5.41 Å². The van der Waals surface area contributed by atoms with E-state index in [4.69, 9.17) is 0 Å². The van der Waals surface area contributed by atoms with Gasteiger partial charge in [0.1, 0.15) is 5.67 Å². The molecule has 1 aliphatic rings. The summed E-state index contributed by atoms with van der Waals surface area (Å²) in [6.45, 7) is 7.02. The van der Waals surface area contributed by atoms with Crippen molar-refractivity contribution >= 4 is 0 Å². The Morgan fingerprint density at radius 2 is 1.93 bits per heavy atom. The lowest BCUT2D eigenvalue weighted by molar-refractivity contribution is -0.0902. The van der Waals surface area contributed by atoms with Crippen LogP contribution in [0.5, 0.6) is 0 Å². The van der Waals surface area contributed by atoms with Crippen molar-refractivity contribution in [1.29, 1.82) is 0 Å². The second kappa shape index (κ2) is 4.15. The zero-order valence-electron chi connectivity index (χ0n) is 9.44. The molecule has 1 aliphatic heterocycles. The smallest absolute Gasteiger partial charge is 0.121 e. The maximum Gasteiger partial charge on any atom is 0.121 e. The summed E-state index contributed by atoms with van der Waals surface area (Å²) in [4.78, 5) is 0. The van der Waals surface area contributed by atoms with Gasteiger partial charge in [0.15, 0.2) is 0 Å². The van der Waals surface area contributed by atoms with E-state index in [0.717, 1.165) is 13.1 Å². The van der Waals surface area contributed by atoms with Crippen LogP contribution in [-0.4, -0.2) is 30.0 Å². The number of hydrogen-bond donors (Lipinski definition) is 2. The average molecular weight is 203 g/mol. The number of aliphatic hydroxyl groups is 1. The minimum atomic E-state index is -1.21. The van der Waals surface area contributed by atoms with E-state index < -0.39 is 17.2 Å². The van der Waals surface area contributed by atoms with E-state index in [-0.39, 0.29) is 0 Å². The summed E-state index contributed by atoms with van der Waals surface area (Å²) in [7, 11) is 0. The van der Waals surface area contributed by atoms with E-state index in [0.29, 0.717) is 19.3 Å². The molecule has 0 aromatic heterocycles. The summed E-state index contributed by atoms with van der Waals surface area (Å²) >= 11 is 0. The Kier molecular flexibility index (Phi) is 3.53. The number of alkyl halides is 1. The third-order valence-electron chi connectivity index (χ3n) is 3.77. The van der Waals surface area contributed by atoms with Gasteiger partial charge in [0.25, 0.3) is 0 Å². The van der Waals surface area contributed by atoms with Crippen molar-refractivity contribution in [2.75, 3.05) is 13.1 Å². The molecule has 14 heavy (non-hydrogen) atoms. The van der Waals surface area contributed by atoms with Gasteiger partial charge >= 0.3 is 0 Å². The van der Waals surface area contributed by atoms with Gasteiger partial charge in [-0.3, -0.25) is 0 Å². The van der Waals surface area contributed by atoms with Crippen LogP contribution in [0, 0.1) is 5.41 Å². The standard InChI is InChI=1S/C11H22FNO/c1-4-9(14)10(2,3)11(12)5-7-13-8-6-11/h9,13-14H,4-8H2,1-3H3. The summed E-state index contributed by atoms with van der Waals surface area (Å²) in [5.74, 6) is 0. The molecular formula is C11H22FNO. The fourth-order valence-corrected chi connectivity index (χ4v) is 2.28. The molecular weight excluding hydrogens is 181 g/mol. The van der Waals surface area contributed by atoms with E-state index in [1.807, 2.05) is 20.8 Å². The number of hydrogen-bond acceptors (Lipinski definition) is 2. The van der Waals surface area contributed by atoms with E-state index in [1.165, 1.54) is 0 Å². The topological polar surface area (TPSA) is 32.3 Å². The molecule has 1 heterocycles. The lowest BCUT2D eigenvalue weighted by Gasteiger charge is -2.45. The Balaban J connectivity index is 2.77. The molecule has 2 N–H and O–H groups in total. The van der Waals surface area contributed by atoms with Gasteiger partial charge in [-0.2, -0.15) is 0 Å². The average Bonchev–Trinajstić information content (AvgIpc) is 2.17. The summed E-state index contributed by atoms with van der Waals surface area (Å²) in [5.41, 5.74) is -1.85. The number of nitrogens with one attached hydrogen (secondary N) is 1. The lowest BCUT2D eigenvalue weighted by Crippen LogP contribution is -2.53. The van der Waals surface area contributed by atoms with Crippen LogP contribution >= 0.6 is 0 Å². The van der Waals surface area contributed by atoms with Gasteiger partial charge in [0.05, 0.1) is 6.10 Å². The largest absolute Gasteiger partial charge is 0.392 e. The molecule has 1 unspecified atom stereocenters. The zero-order chi connectivity index (χ0) is 10.8. The summed E-state index contributed by atoms with van der Waals surface area (Å²) in [6, 6.07) is 0.